The molecular formula is C14H24N2O3. The predicted octanol–water partition coefficient (Wildman–Crippen LogP) is 1.35. The summed E-state index contributed by atoms with van der Waals surface area (Å²) in [5.41, 5.74) is 0. The zero-order valence-electron chi connectivity index (χ0n) is 11.5. The molecule has 0 saturated carbocycles. The third-order valence-corrected chi connectivity index (χ3v) is 3.35. The van der Waals surface area contributed by atoms with Gasteiger partial charge < -0.3 is 10.0 Å². The summed E-state index contributed by atoms with van der Waals surface area (Å²) in [5, 5.41) is 8.70. The minimum Gasteiger partial charge on any atom is -0.481 e. The number of hydrogen-bond acceptors (Lipinski definition) is 3. The summed E-state index contributed by atoms with van der Waals surface area (Å²) in [6, 6.07) is 0. The van der Waals surface area contributed by atoms with Crippen LogP contribution in [0.15, 0.2) is 12.7 Å². The number of hydrogen-bond donors (Lipinski definition) is 1. The van der Waals surface area contributed by atoms with Gasteiger partial charge in [-0.3, -0.25) is 14.5 Å². The number of aliphatic carboxylic acids is 1. The lowest BCUT2D eigenvalue weighted by atomic mass is 10.2. The first-order valence-electron chi connectivity index (χ1n) is 6.96. The molecule has 0 spiro atoms. The Kier molecular flexibility index (Phi) is 7.18. The molecule has 5 nitrogen and oxygen atoms in total. The van der Waals surface area contributed by atoms with Gasteiger partial charge in [-0.2, -0.15) is 0 Å². The smallest absolute Gasteiger partial charge is 0.304 e. The first-order valence-corrected chi connectivity index (χ1v) is 6.96. The molecule has 1 aliphatic rings. The first kappa shape index (κ1) is 15.7. The molecule has 1 rings (SSSR count). The van der Waals surface area contributed by atoms with E-state index in [1.807, 2.05) is 9.80 Å². The molecule has 0 aromatic carbocycles. The molecular weight excluding hydrogens is 244 g/mol. The van der Waals surface area contributed by atoms with E-state index in [1.54, 1.807) is 6.08 Å². The summed E-state index contributed by atoms with van der Waals surface area (Å²) in [7, 11) is 0. The van der Waals surface area contributed by atoms with Crippen molar-refractivity contribution in [3.63, 3.8) is 0 Å². The fourth-order valence-electron chi connectivity index (χ4n) is 2.28. The Hall–Kier alpha value is -1.36. The quantitative estimate of drug-likeness (QED) is 0.708. The Morgan fingerprint density at radius 2 is 1.84 bits per heavy atom. The van der Waals surface area contributed by atoms with Crippen molar-refractivity contribution in [2.75, 3.05) is 32.7 Å². The number of carbonyl (C=O) groups excluding carboxylic acids is 1. The Balaban J connectivity index is 2.44. The van der Waals surface area contributed by atoms with Gasteiger partial charge in [0.1, 0.15) is 0 Å². The molecule has 19 heavy (non-hydrogen) atoms. The van der Waals surface area contributed by atoms with Crippen LogP contribution in [0.1, 0.15) is 32.1 Å². The summed E-state index contributed by atoms with van der Waals surface area (Å²) < 4.78 is 0. The zero-order valence-corrected chi connectivity index (χ0v) is 11.5. The maximum atomic E-state index is 12.2. The van der Waals surface area contributed by atoms with Crippen LogP contribution in [0.4, 0.5) is 0 Å². The molecule has 0 aromatic rings. The van der Waals surface area contributed by atoms with Gasteiger partial charge in [-0.25, -0.2) is 0 Å². The van der Waals surface area contributed by atoms with Crippen LogP contribution in [0.3, 0.4) is 0 Å². The van der Waals surface area contributed by atoms with E-state index in [9.17, 15) is 9.59 Å². The molecule has 0 aliphatic carbocycles. The lowest BCUT2D eigenvalue weighted by molar-refractivity contribution is -0.138. The van der Waals surface area contributed by atoms with E-state index in [2.05, 4.69) is 6.58 Å². The molecule has 0 aromatic heterocycles. The van der Waals surface area contributed by atoms with Crippen LogP contribution in [0.25, 0.3) is 0 Å². The molecule has 1 aliphatic heterocycles. The molecule has 0 unspecified atom stereocenters. The van der Waals surface area contributed by atoms with Gasteiger partial charge in [-0.15, -0.1) is 6.58 Å². The zero-order chi connectivity index (χ0) is 14.1. The van der Waals surface area contributed by atoms with Crippen molar-refractivity contribution in [1.29, 1.82) is 0 Å². The molecule has 1 fully saturated rings. The Bertz CT molecular complexity index is 310. The third kappa shape index (κ3) is 6.38. The van der Waals surface area contributed by atoms with Crippen LogP contribution in [0.2, 0.25) is 0 Å². The van der Waals surface area contributed by atoms with Crippen molar-refractivity contribution in [2.24, 2.45) is 0 Å². The lowest BCUT2D eigenvalue weighted by Crippen LogP contribution is -2.41. The highest BCUT2D eigenvalue weighted by molar-refractivity contribution is 5.78. The third-order valence-electron chi connectivity index (χ3n) is 3.35. The van der Waals surface area contributed by atoms with Gasteiger partial charge in [-0.05, 0) is 12.8 Å². The van der Waals surface area contributed by atoms with E-state index in [0.717, 1.165) is 25.9 Å². The number of carboxylic acids is 1. The van der Waals surface area contributed by atoms with Crippen LogP contribution < -0.4 is 0 Å². The highest BCUT2D eigenvalue weighted by Gasteiger charge is 2.18. The van der Waals surface area contributed by atoms with Gasteiger partial charge in [0.15, 0.2) is 0 Å². The van der Waals surface area contributed by atoms with E-state index >= 15 is 0 Å². The fraction of sp³-hybridized carbons (Fsp3) is 0.714. The number of likely N-dealkylation sites (tertiary alicyclic amines) is 1. The summed E-state index contributed by atoms with van der Waals surface area (Å²) >= 11 is 0. The van der Waals surface area contributed by atoms with E-state index in [4.69, 9.17) is 5.11 Å². The molecule has 1 heterocycles. The lowest BCUT2D eigenvalue weighted by Gasteiger charge is -2.25. The van der Waals surface area contributed by atoms with Crippen molar-refractivity contribution in [1.82, 2.24) is 9.80 Å². The largest absolute Gasteiger partial charge is 0.481 e. The molecule has 0 atom stereocenters. The second-order valence-corrected chi connectivity index (χ2v) is 4.96. The van der Waals surface area contributed by atoms with Gasteiger partial charge in [0, 0.05) is 26.2 Å². The fourth-order valence-corrected chi connectivity index (χ4v) is 2.28. The van der Waals surface area contributed by atoms with Crippen molar-refractivity contribution >= 4 is 11.9 Å². The molecule has 0 radical (unpaired) electrons. The van der Waals surface area contributed by atoms with Gasteiger partial charge in [0.05, 0.1) is 13.0 Å². The SMILES string of the molecule is C=CCN(CCC(=O)O)CC(=O)N1CCCCCC1. The van der Waals surface area contributed by atoms with E-state index in [-0.39, 0.29) is 12.3 Å². The van der Waals surface area contributed by atoms with Gasteiger partial charge >= 0.3 is 5.97 Å². The summed E-state index contributed by atoms with van der Waals surface area (Å²) in [5.74, 6) is -0.731. The number of amides is 1. The van der Waals surface area contributed by atoms with Gasteiger partial charge in [-0.1, -0.05) is 18.9 Å². The van der Waals surface area contributed by atoms with Crippen molar-refractivity contribution < 1.29 is 14.7 Å². The highest BCUT2D eigenvalue weighted by atomic mass is 16.4. The monoisotopic (exact) mass is 268 g/mol. The van der Waals surface area contributed by atoms with Gasteiger partial charge in [0.25, 0.3) is 0 Å². The second kappa shape index (κ2) is 8.69. The van der Waals surface area contributed by atoms with Crippen LogP contribution in [-0.2, 0) is 9.59 Å². The minimum atomic E-state index is -0.837. The van der Waals surface area contributed by atoms with E-state index in [1.165, 1.54) is 12.8 Å². The average molecular weight is 268 g/mol. The van der Waals surface area contributed by atoms with Crippen LogP contribution in [0, 0.1) is 0 Å². The minimum absolute atomic E-state index is 0.0567. The predicted molar refractivity (Wildman–Crippen MR) is 73.9 cm³/mol. The molecule has 1 saturated heterocycles. The van der Waals surface area contributed by atoms with Crippen molar-refractivity contribution in [3.05, 3.63) is 12.7 Å². The molecule has 5 heteroatoms. The highest BCUT2D eigenvalue weighted by Crippen LogP contribution is 2.10. The summed E-state index contributed by atoms with van der Waals surface area (Å²) in [6.45, 7) is 6.54. The van der Waals surface area contributed by atoms with Crippen LogP contribution >= 0.6 is 0 Å². The van der Waals surface area contributed by atoms with E-state index < -0.39 is 5.97 Å². The second-order valence-electron chi connectivity index (χ2n) is 4.96. The number of rotatable bonds is 7. The van der Waals surface area contributed by atoms with Gasteiger partial charge in [0.2, 0.25) is 5.91 Å². The molecule has 108 valence electrons. The Morgan fingerprint density at radius 1 is 1.21 bits per heavy atom. The average Bonchev–Trinajstić information content (AvgIpc) is 2.65. The van der Waals surface area contributed by atoms with Crippen molar-refractivity contribution in [2.45, 2.75) is 32.1 Å². The van der Waals surface area contributed by atoms with Crippen LogP contribution in [-0.4, -0.2) is 59.5 Å². The molecule has 1 amide bonds. The molecule has 0 bridgehead atoms. The Morgan fingerprint density at radius 3 is 2.37 bits per heavy atom. The topological polar surface area (TPSA) is 60.9 Å². The number of carbonyl (C=O) groups is 2. The first-order chi connectivity index (χ1) is 9.13. The maximum Gasteiger partial charge on any atom is 0.304 e. The van der Waals surface area contributed by atoms with Crippen molar-refractivity contribution in [3.8, 4) is 0 Å². The number of carboxylic acid groups (broad SMARTS) is 1. The summed E-state index contributed by atoms with van der Waals surface area (Å²) in [4.78, 5) is 26.5. The van der Waals surface area contributed by atoms with E-state index in [0.29, 0.717) is 19.6 Å². The Labute approximate surface area is 114 Å². The number of nitrogens with zero attached hydrogens (tertiary/aromatic N) is 2. The summed E-state index contributed by atoms with van der Waals surface area (Å²) in [6.07, 6.45) is 6.29. The normalized spacial score (nSPS) is 16.2. The standard InChI is InChI=1S/C14H24N2O3/c1-2-8-15(11-7-14(18)19)12-13(17)16-9-5-3-4-6-10-16/h2H,1,3-12H2,(H,18,19). The van der Waals surface area contributed by atoms with Crippen LogP contribution in [0.5, 0.6) is 0 Å². The molecule has 1 N–H and O–H groups in total. The maximum absolute atomic E-state index is 12.2.